The van der Waals surface area contributed by atoms with Gasteiger partial charge in [0.05, 0.1) is 18.6 Å². The summed E-state index contributed by atoms with van der Waals surface area (Å²) in [7, 11) is 1.52. The van der Waals surface area contributed by atoms with Crippen LogP contribution in [0.15, 0.2) is 53.1 Å². The van der Waals surface area contributed by atoms with Crippen molar-refractivity contribution >= 4 is 17.6 Å². The molecule has 8 nitrogen and oxygen atoms in total. The molecule has 2 heterocycles. The van der Waals surface area contributed by atoms with Crippen LogP contribution in [0.5, 0.6) is 5.75 Å². The number of benzene rings is 2. The molecule has 2 unspecified atom stereocenters. The van der Waals surface area contributed by atoms with Gasteiger partial charge in [-0.1, -0.05) is 23.4 Å². The van der Waals surface area contributed by atoms with Gasteiger partial charge in [-0.15, -0.1) is 0 Å². The van der Waals surface area contributed by atoms with Gasteiger partial charge in [-0.05, 0) is 31.2 Å². The maximum absolute atomic E-state index is 13.0. The highest BCUT2D eigenvalue weighted by atomic mass is 19.4. The number of anilines is 1. The Hall–Kier alpha value is -3.89. The van der Waals surface area contributed by atoms with E-state index < -0.39 is 29.7 Å². The van der Waals surface area contributed by atoms with Crippen molar-refractivity contribution in [3.05, 3.63) is 60.0 Å². The second-order valence-corrected chi connectivity index (χ2v) is 7.72. The first-order chi connectivity index (χ1) is 16.2. The highest BCUT2D eigenvalue weighted by molar-refractivity contribution is 5.99. The maximum atomic E-state index is 13.0. The zero-order valence-corrected chi connectivity index (χ0v) is 18.2. The third-order valence-corrected chi connectivity index (χ3v) is 5.35. The Labute approximate surface area is 192 Å². The van der Waals surface area contributed by atoms with E-state index in [0.29, 0.717) is 11.4 Å². The minimum atomic E-state index is -4.51. The molecule has 34 heavy (non-hydrogen) atoms. The molecule has 0 spiro atoms. The van der Waals surface area contributed by atoms with E-state index in [1.54, 1.807) is 24.3 Å². The lowest BCUT2D eigenvalue weighted by Crippen LogP contribution is -2.26. The van der Waals surface area contributed by atoms with E-state index in [1.807, 2.05) is 0 Å². The lowest BCUT2D eigenvalue weighted by Gasteiger charge is -2.17. The summed E-state index contributed by atoms with van der Waals surface area (Å²) in [6.45, 7) is 1.63. The first kappa shape index (κ1) is 23.3. The minimum absolute atomic E-state index is 0.0257. The number of ether oxygens (including phenoxy) is 2. The zero-order valence-electron chi connectivity index (χ0n) is 18.2. The van der Waals surface area contributed by atoms with Crippen molar-refractivity contribution in [2.75, 3.05) is 18.6 Å². The molecule has 0 bridgehead atoms. The van der Waals surface area contributed by atoms with Crippen molar-refractivity contribution < 1.29 is 36.8 Å². The topological polar surface area (TPSA) is 94.8 Å². The standard InChI is InChI=1S/C23H20F3N3O5/c1-13(21-27-20(28-34-21)14-5-3-6-16(9-14)23(24,25)26)33-22(31)15-10-19(30)29(12-15)17-7-4-8-18(11-17)32-2/h3-9,11,13,15H,10,12H2,1-2H3. The molecule has 2 aromatic carbocycles. The molecule has 1 amide bonds. The fourth-order valence-electron chi connectivity index (χ4n) is 3.57. The summed E-state index contributed by atoms with van der Waals surface area (Å²) in [6, 6.07) is 11.4. The van der Waals surface area contributed by atoms with Crippen LogP contribution < -0.4 is 9.64 Å². The van der Waals surface area contributed by atoms with E-state index in [4.69, 9.17) is 14.0 Å². The van der Waals surface area contributed by atoms with Crippen LogP contribution in [0.4, 0.5) is 18.9 Å². The molecule has 1 aromatic heterocycles. The molecule has 1 saturated heterocycles. The van der Waals surface area contributed by atoms with Gasteiger partial charge in [-0.25, -0.2) is 0 Å². The van der Waals surface area contributed by atoms with Crippen molar-refractivity contribution in [1.82, 2.24) is 10.1 Å². The van der Waals surface area contributed by atoms with E-state index in [1.165, 1.54) is 31.1 Å². The van der Waals surface area contributed by atoms with Crippen molar-refractivity contribution in [2.45, 2.75) is 25.6 Å². The Balaban J connectivity index is 1.42. The molecule has 0 radical (unpaired) electrons. The number of amides is 1. The van der Waals surface area contributed by atoms with E-state index >= 15 is 0 Å². The smallest absolute Gasteiger partial charge is 0.416 e. The molecule has 1 aliphatic rings. The number of esters is 1. The van der Waals surface area contributed by atoms with Crippen LogP contribution in [0.1, 0.15) is 30.9 Å². The van der Waals surface area contributed by atoms with Crippen LogP contribution >= 0.6 is 0 Å². The number of halogens is 3. The van der Waals surface area contributed by atoms with Crippen molar-refractivity contribution in [1.29, 1.82) is 0 Å². The summed E-state index contributed by atoms with van der Waals surface area (Å²) in [6.07, 6.45) is -5.49. The van der Waals surface area contributed by atoms with Crippen molar-refractivity contribution in [2.24, 2.45) is 5.92 Å². The first-order valence-electron chi connectivity index (χ1n) is 10.3. The van der Waals surface area contributed by atoms with E-state index in [0.717, 1.165) is 12.1 Å². The number of hydrogen-bond acceptors (Lipinski definition) is 7. The van der Waals surface area contributed by atoms with Crippen LogP contribution in [0.25, 0.3) is 11.4 Å². The number of nitrogens with zero attached hydrogens (tertiary/aromatic N) is 3. The summed E-state index contributed by atoms with van der Waals surface area (Å²) >= 11 is 0. The van der Waals surface area contributed by atoms with Gasteiger partial charge in [-0.2, -0.15) is 18.2 Å². The summed E-state index contributed by atoms with van der Waals surface area (Å²) in [5.74, 6) is -1.11. The highest BCUT2D eigenvalue weighted by Crippen LogP contribution is 2.32. The summed E-state index contributed by atoms with van der Waals surface area (Å²) in [5.41, 5.74) is -0.128. The van der Waals surface area contributed by atoms with Crippen LogP contribution in [0, 0.1) is 5.92 Å². The van der Waals surface area contributed by atoms with Gasteiger partial charge in [0.1, 0.15) is 5.75 Å². The largest absolute Gasteiger partial charge is 0.497 e. The number of carbonyl (C=O) groups excluding carboxylic acids is 2. The molecule has 0 aliphatic carbocycles. The zero-order chi connectivity index (χ0) is 24.5. The molecule has 1 fully saturated rings. The normalized spacial score (nSPS) is 17.0. The summed E-state index contributed by atoms with van der Waals surface area (Å²) in [5, 5.41) is 3.70. The Morgan fingerprint density at radius 3 is 2.71 bits per heavy atom. The quantitative estimate of drug-likeness (QED) is 0.487. The number of aromatic nitrogens is 2. The van der Waals surface area contributed by atoms with Crippen molar-refractivity contribution in [3.8, 4) is 17.1 Å². The number of methoxy groups -OCH3 is 1. The Bertz CT molecular complexity index is 1210. The Kier molecular flexibility index (Phi) is 6.27. The number of carbonyl (C=O) groups is 2. The molecular formula is C23H20F3N3O5. The molecule has 178 valence electrons. The van der Waals surface area contributed by atoms with Gasteiger partial charge < -0.3 is 18.9 Å². The third kappa shape index (κ3) is 4.87. The first-order valence-corrected chi connectivity index (χ1v) is 10.3. The van der Waals surface area contributed by atoms with E-state index in [-0.39, 0.29) is 36.2 Å². The molecular weight excluding hydrogens is 455 g/mol. The van der Waals surface area contributed by atoms with Crippen molar-refractivity contribution in [3.63, 3.8) is 0 Å². The molecule has 1 aliphatic heterocycles. The van der Waals surface area contributed by atoms with Gasteiger partial charge in [0, 0.05) is 30.3 Å². The predicted octanol–water partition coefficient (Wildman–Crippen LogP) is 4.42. The van der Waals surface area contributed by atoms with Gasteiger partial charge in [0.25, 0.3) is 5.89 Å². The fourth-order valence-corrected chi connectivity index (χ4v) is 3.57. The highest BCUT2D eigenvalue weighted by Gasteiger charge is 2.37. The molecule has 2 atom stereocenters. The monoisotopic (exact) mass is 475 g/mol. The van der Waals surface area contributed by atoms with Gasteiger partial charge in [-0.3, -0.25) is 9.59 Å². The van der Waals surface area contributed by atoms with Crippen LogP contribution in [-0.2, 0) is 20.5 Å². The molecule has 0 N–H and O–H groups in total. The molecule has 11 heteroatoms. The predicted molar refractivity (Wildman–Crippen MR) is 113 cm³/mol. The second-order valence-electron chi connectivity index (χ2n) is 7.72. The summed E-state index contributed by atoms with van der Waals surface area (Å²) in [4.78, 5) is 30.7. The number of rotatable bonds is 6. The molecule has 0 saturated carbocycles. The Morgan fingerprint density at radius 1 is 1.21 bits per heavy atom. The van der Waals surface area contributed by atoms with E-state index in [9.17, 15) is 22.8 Å². The van der Waals surface area contributed by atoms with Gasteiger partial charge in [0.2, 0.25) is 11.7 Å². The van der Waals surface area contributed by atoms with Gasteiger partial charge in [0.15, 0.2) is 6.10 Å². The van der Waals surface area contributed by atoms with Gasteiger partial charge >= 0.3 is 12.1 Å². The SMILES string of the molecule is COc1cccc(N2CC(C(=O)OC(C)c3nc(-c4cccc(C(F)(F)F)c4)no3)CC2=O)c1. The maximum Gasteiger partial charge on any atom is 0.416 e. The average Bonchev–Trinajstić information content (AvgIpc) is 3.46. The van der Waals surface area contributed by atoms with Crippen LogP contribution in [0.3, 0.4) is 0 Å². The van der Waals surface area contributed by atoms with Crippen LogP contribution in [-0.4, -0.2) is 35.7 Å². The second kappa shape index (κ2) is 9.16. The van der Waals surface area contributed by atoms with E-state index in [2.05, 4.69) is 10.1 Å². The minimum Gasteiger partial charge on any atom is -0.497 e. The molecule has 4 rings (SSSR count). The number of alkyl halides is 3. The number of hydrogen-bond donors (Lipinski definition) is 0. The Morgan fingerprint density at radius 2 is 1.97 bits per heavy atom. The average molecular weight is 475 g/mol. The fraction of sp³-hybridized carbons (Fsp3) is 0.304. The lowest BCUT2D eigenvalue weighted by atomic mass is 10.1. The lowest BCUT2D eigenvalue weighted by molar-refractivity contribution is -0.154. The van der Waals surface area contributed by atoms with Crippen LogP contribution in [0.2, 0.25) is 0 Å². The summed E-state index contributed by atoms with van der Waals surface area (Å²) < 4.78 is 54.5. The molecule has 3 aromatic rings. The third-order valence-electron chi connectivity index (χ3n) is 5.35.